The van der Waals surface area contributed by atoms with Crippen LogP contribution in [-0.4, -0.2) is 37.2 Å². The molecule has 0 unspecified atom stereocenters. The van der Waals surface area contributed by atoms with Crippen molar-refractivity contribution in [2.75, 3.05) is 20.2 Å². The Morgan fingerprint density at radius 2 is 1.82 bits per heavy atom. The summed E-state index contributed by atoms with van der Waals surface area (Å²) in [4.78, 5) is 2.64. The molecule has 1 aromatic carbocycles. The highest BCUT2D eigenvalue weighted by Crippen LogP contribution is 2.48. The van der Waals surface area contributed by atoms with Crippen molar-refractivity contribution in [2.45, 2.75) is 31.5 Å². The molecule has 3 aliphatic heterocycles. The van der Waals surface area contributed by atoms with Crippen LogP contribution >= 0.6 is 24.8 Å². The van der Waals surface area contributed by atoms with E-state index in [-0.39, 0.29) is 30.6 Å². The summed E-state index contributed by atoms with van der Waals surface area (Å²) >= 11 is 0. The van der Waals surface area contributed by atoms with Crippen LogP contribution in [0.5, 0.6) is 5.75 Å². The van der Waals surface area contributed by atoms with Gasteiger partial charge in [0, 0.05) is 30.3 Å². The van der Waals surface area contributed by atoms with E-state index in [1.165, 1.54) is 38.1 Å². The van der Waals surface area contributed by atoms with E-state index in [1.54, 1.807) is 7.11 Å². The third-order valence-corrected chi connectivity index (χ3v) is 5.51. The zero-order valence-electron chi connectivity index (χ0n) is 12.6. The van der Waals surface area contributed by atoms with Gasteiger partial charge in [-0.1, -0.05) is 6.07 Å². The van der Waals surface area contributed by atoms with Crippen molar-refractivity contribution < 1.29 is 9.13 Å². The monoisotopic (exact) mass is 348 g/mol. The molecule has 3 saturated heterocycles. The van der Waals surface area contributed by atoms with Gasteiger partial charge in [-0.15, -0.1) is 24.8 Å². The summed E-state index contributed by atoms with van der Waals surface area (Å²) in [5.41, 5.74) is 1.11. The second-order valence-corrected chi connectivity index (χ2v) is 6.33. The topological polar surface area (TPSA) is 24.5 Å². The number of halogens is 3. The summed E-state index contributed by atoms with van der Waals surface area (Å²) in [5, 5.41) is 3.54. The highest BCUT2D eigenvalue weighted by Gasteiger charge is 2.54. The first-order valence-corrected chi connectivity index (χ1v) is 7.57. The summed E-state index contributed by atoms with van der Waals surface area (Å²) in [6.07, 6.45) is 2.63. The SMILES string of the molecule is COc1cc(F)ccc1CN1[C@@H]2CC[C@H]1[C@H]1CNC[C@H]12.Cl.Cl. The molecule has 3 nitrogen and oxygen atoms in total. The van der Waals surface area contributed by atoms with Crippen LogP contribution in [0.1, 0.15) is 18.4 Å². The fourth-order valence-corrected chi connectivity index (χ4v) is 4.68. The molecule has 124 valence electrons. The van der Waals surface area contributed by atoms with E-state index in [1.807, 2.05) is 6.07 Å². The Labute approximate surface area is 143 Å². The summed E-state index contributed by atoms with van der Waals surface area (Å²) in [7, 11) is 1.62. The smallest absolute Gasteiger partial charge is 0.126 e. The van der Waals surface area contributed by atoms with Crippen LogP contribution in [-0.2, 0) is 6.54 Å². The maximum atomic E-state index is 13.3. The number of fused-ring (bicyclic) bond motifs is 5. The maximum Gasteiger partial charge on any atom is 0.126 e. The fraction of sp³-hybridized carbons (Fsp3) is 0.625. The van der Waals surface area contributed by atoms with Gasteiger partial charge < -0.3 is 10.1 Å². The van der Waals surface area contributed by atoms with Gasteiger partial charge in [-0.2, -0.15) is 0 Å². The molecule has 0 spiro atoms. The van der Waals surface area contributed by atoms with Crippen LogP contribution in [0.25, 0.3) is 0 Å². The zero-order chi connectivity index (χ0) is 13.7. The summed E-state index contributed by atoms with van der Waals surface area (Å²) in [6, 6.07) is 6.32. The number of hydrogen-bond acceptors (Lipinski definition) is 3. The highest BCUT2D eigenvalue weighted by molar-refractivity contribution is 5.85. The van der Waals surface area contributed by atoms with E-state index in [4.69, 9.17) is 4.74 Å². The lowest BCUT2D eigenvalue weighted by Gasteiger charge is -2.25. The van der Waals surface area contributed by atoms with Crippen LogP contribution in [0.4, 0.5) is 4.39 Å². The van der Waals surface area contributed by atoms with Gasteiger partial charge in [0.15, 0.2) is 0 Å². The van der Waals surface area contributed by atoms with Crippen LogP contribution in [0.2, 0.25) is 0 Å². The third kappa shape index (κ3) is 2.71. The number of ether oxygens (including phenoxy) is 1. The van der Waals surface area contributed by atoms with Gasteiger partial charge in [0.1, 0.15) is 11.6 Å². The molecule has 0 amide bonds. The molecule has 4 rings (SSSR count). The molecule has 0 saturated carbocycles. The molecular weight excluding hydrogens is 326 g/mol. The molecule has 0 aromatic heterocycles. The van der Waals surface area contributed by atoms with Gasteiger partial charge in [-0.25, -0.2) is 4.39 Å². The lowest BCUT2D eigenvalue weighted by atomic mass is 9.82. The second kappa shape index (κ2) is 6.91. The lowest BCUT2D eigenvalue weighted by molar-refractivity contribution is 0.215. The van der Waals surface area contributed by atoms with Crippen LogP contribution < -0.4 is 10.1 Å². The van der Waals surface area contributed by atoms with Gasteiger partial charge in [-0.05, 0) is 43.8 Å². The molecule has 3 heterocycles. The van der Waals surface area contributed by atoms with E-state index in [0.29, 0.717) is 17.8 Å². The molecule has 4 atom stereocenters. The molecule has 0 radical (unpaired) electrons. The molecule has 3 fully saturated rings. The van der Waals surface area contributed by atoms with Gasteiger partial charge in [0.2, 0.25) is 0 Å². The average Bonchev–Trinajstić information content (AvgIpc) is 3.13. The average molecular weight is 349 g/mol. The second-order valence-electron chi connectivity index (χ2n) is 6.33. The van der Waals surface area contributed by atoms with Crippen LogP contribution in [0.15, 0.2) is 18.2 Å². The summed E-state index contributed by atoms with van der Waals surface area (Å²) in [5.74, 6) is 2.09. The van der Waals surface area contributed by atoms with Gasteiger partial charge >= 0.3 is 0 Å². The Morgan fingerprint density at radius 3 is 2.41 bits per heavy atom. The number of rotatable bonds is 3. The van der Waals surface area contributed by atoms with Crippen LogP contribution in [0.3, 0.4) is 0 Å². The van der Waals surface area contributed by atoms with Gasteiger partial charge in [-0.3, -0.25) is 4.90 Å². The predicted octanol–water partition coefficient (Wildman–Crippen LogP) is 2.86. The Morgan fingerprint density at radius 1 is 1.18 bits per heavy atom. The molecule has 1 aromatic rings. The predicted molar refractivity (Wildman–Crippen MR) is 89.7 cm³/mol. The molecule has 0 aliphatic carbocycles. The standard InChI is InChI=1S/C16H21FN2O.2ClH/c1-20-16-6-11(17)3-2-10(16)9-19-14-4-5-15(19)13-8-18-7-12(13)14;;/h2-3,6,12-15,18H,4-5,7-9H2,1H3;2*1H/t12-,13+,14-,15+;;. The fourth-order valence-electron chi connectivity index (χ4n) is 4.68. The largest absolute Gasteiger partial charge is 0.496 e. The normalized spacial score (nSPS) is 32.3. The van der Waals surface area contributed by atoms with E-state index in [9.17, 15) is 4.39 Å². The first-order chi connectivity index (χ1) is 9.78. The first-order valence-electron chi connectivity index (χ1n) is 7.57. The number of hydrogen-bond donors (Lipinski definition) is 1. The molecule has 22 heavy (non-hydrogen) atoms. The highest BCUT2D eigenvalue weighted by atomic mass is 35.5. The Bertz CT molecular complexity index is 513. The lowest BCUT2D eigenvalue weighted by Crippen LogP contribution is -2.33. The van der Waals surface area contributed by atoms with E-state index in [2.05, 4.69) is 10.2 Å². The van der Waals surface area contributed by atoms with Crippen LogP contribution in [0, 0.1) is 17.7 Å². The van der Waals surface area contributed by atoms with Crippen molar-refractivity contribution in [1.29, 1.82) is 0 Å². The minimum atomic E-state index is -0.226. The van der Waals surface area contributed by atoms with E-state index >= 15 is 0 Å². The molecular formula is C16H23Cl2FN2O. The van der Waals surface area contributed by atoms with E-state index < -0.39 is 0 Å². The van der Waals surface area contributed by atoms with Crippen molar-refractivity contribution in [3.05, 3.63) is 29.6 Å². The van der Waals surface area contributed by atoms with Crippen molar-refractivity contribution in [2.24, 2.45) is 11.8 Å². The van der Waals surface area contributed by atoms with Crippen molar-refractivity contribution in [1.82, 2.24) is 10.2 Å². The molecule has 2 bridgehead atoms. The zero-order valence-corrected chi connectivity index (χ0v) is 14.3. The Hall–Kier alpha value is -0.550. The Kier molecular flexibility index (Phi) is 5.59. The Balaban J connectivity index is 0.000000882. The summed E-state index contributed by atoms with van der Waals surface area (Å²) < 4.78 is 18.6. The molecule has 6 heteroatoms. The first kappa shape index (κ1) is 17.8. The number of nitrogens with zero attached hydrogens (tertiary/aromatic N) is 1. The minimum Gasteiger partial charge on any atom is -0.496 e. The maximum absolute atomic E-state index is 13.3. The van der Waals surface area contributed by atoms with Crippen molar-refractivity contribution in [3.63, 3.8) is 0 Å². The van der Waals surface area contributed by atoms with Gasteiger partial charge in [0.25, 0.3) is 0 Å². The molecule has 1 N–H and O–H groups in total. The summed E-state index contributed by atoms with van der Waals surface area (Å²) in [6.45, 7) is 3.23. The van der Waals surface area contributed by atoms with Crippen molar-refractivity contribution >= 4 is 24.8 Å². The molecule has 3 aliphatic rings. The number of benzene rings is 1. The van der Waals surface area contributed by atoms with Crippen molar-refractivity contribution in [3.8, 4) is 5.75 Å². The third-order valence-electron chi connectivity index (χ3n) is 5.51. The van der Waals surface area contributed by atoms with E-state index in [0.717, 1.165) is 23.9 Å². The minimum absolute atomic E-state index is 0. The quantitative estimate of drug-likeness (QED) is 0.908. The number of nitrogens with one attached hydrogen (secondary N) is 1. The van der Waals surface area contributed by atoms with Gasteiger partial charge in [0.05, 0.1) is 7.11 Å². The number of methoxy groups -OCH3 is 1.